The van der Waals surface area contributed by atoms with Crippen LogP contribution in [-0.2, 0) is 9.53 Å². The minimum Gasteiger partial charge on any atom is -0.444 e. The van der Waals surface area contributed by atoms with Gasteiger partial charge in [0, 0.05) is 18.5 Å². The van der Waals surface area contributed by atoms with Gasteiger partial charge < -0.3 is 10.1 Å². The van der Waals surface area contributed by atoms with Gasteiger partial charge in [0.2, 0.25) is 0 Å². The van der Waals surface area contributed by atoms with Crippen LogP contribution in [0.4, 0.5) is 4.79 Å². The van der Waals surface area contributed by atoms with Gasteiger partial charge in [0.25, 0.3) is 0 Å². The average Bonchev–Trinajstić information content (AvgIpc) is 2.44. The van der Waals surface area contributed by atoms with Gasteiger partial charge >= 0.3 is 6.09 Å². The number of hydrogen-bond acceptors (Lipinski definition) is 3. The normalized spacial score (nSPS) is 16.2. The van der Waals surface area contributed by atoms with Crippen LogP contribution in [-0.4, -0.2) is 24.0 Å². The lowest BCUT2D eigenvalue weighted by Gasteiger charge is -2.19. The SMILES string of the molecule is CC(C)(C)OC(=O)NCC1=CCCC1=O. The number of carbonyl (C=O) groups is 2. The predicted molar refractivity (Wildman–Crippen MR) is 56.6 cm³/mol. The number of allylic oxidation sites excluding steroid dienone is 1. The second-order valence-corrected chi connectivity index (χ2v) is 4.55. The predicted octanol–water partition coefficient (Wildman–Crippen LogP) is 1.80. The molecule has 1 rings (SSSR count). The van der Waals surface area contributed by atoms with Crippen molar-refractivity contribution in [3.63, 3.8) is 0 Å². The van der Waals surface area contributed by atoms with Crippen LogP contribution in [0.25, 0.3) is 0 Å². The van der Waals surface area contributed by atoms with E-state index in [9.17, 15) is 9.59 Å². The van der Waals surface area contributed by atoms with Gasteiger partial charge in [-0.3, -0.25) is 4.79 Å². The molecule has 1 N–H and O–H groups in total. The van der Waals surface area contributed by atoms with Crippen molar-refractivity contribution in [2.24, 2.45) is 0 Å². The van der Waals surface area contributed by atoms with E-state index in [0.717, 1.165) is 6.42 Å². The maximum atomic E-state index is 11.3. The fourth-order valence-electron chi connectivity index (χ4n) is 1.30. The van der Waals surface area contributed by atoms with E-state index in [2.05, 4.69) is 5.32 Å². The lowest BCUT2D eigenvalue weighted by Crippen LogP contribution is -2.34. The van der Waals surface area contributed by atoms with E-state index in [4.69, 9.17) is 4.74 Å². The molecule has 4 nitrogen and oxygen atoms in total. The van der Waals surface area contributed by atoms with Gasteiger partial charge in [-0.1, -0.05) is 6.08 Å². The Balaban J connectivity index is 2.31. The van der Waals surface area contributed by atoms with Gasteiger partial charge in [-0.15, -0.1) is 0 Å². The largest absolute Gasteiger partial charge is 0.444 e. The molecule has 4 heteroatoms. The number of alkyl carbamates (subject to hydrolysis) is 1. The third-order valence-electron chi connectivity index (χ3n) is 1.94. The number of ketones is 1. The molecule has 0 spiro atoms. The number of hydrogen-bond donors (Lipinski definition) is 1. The summed E-state index contributed by atoms with van der Waals surface area (Å²) < 4.78 is 5.04. The van der Waals surface area contributed by atoms with E-state index in [0.29, 0.717) is 12.0 Å². The Labute approximate surface area is 89.7 Å². The summed E-state index contributed by atoms with van der Waals surface area (Å²) >= 11 is 0. The molecule has 1 amide bonds. The molecule has 0 aliphatic heterocycles. The third-order valence-corrected chi connectivity index (χ3v) is 1.94. The summed E-state index contributed by atoms with van der Waals surface area (Å²) in [7, 11) is 0. The molecular weight excluding hydrogens is 194 g/mol. The molecule has 0 aromatic heterocycles. The van der Waals surface area contributed by atoms with Crippen LogP contribution < -0.4 is 5.32 Å². The van der Waals surface area contributed by atoms with Crippen LogP contribution in [0.3, 0.4) is 0 Å². The van der Waals surface area contributed by atoms with Gasteiger partial charge in [0.05, 0.1) is 0 Å². The van der Waals surface area contributed by atoms with Gasteiger partial charge in [-0.2, -0.15) is 0 Å². The van der Waals surface area contributed by atoms with Crippen molar-refractivity contribution in [3.05, 3.63) is 11.6 Å². The van der Waals surface area contributed by atoms with Gasteiger partial charge in [0.15, 0.2) is 5.78 Å². The Morgan fingerprint density at radius 1 is 1.53 bits per heavy atom. The highest BCUT2D eigenvalue weighted by Crippen LogP contribution is 2.13. The second kappa shape index (κ2) is 4.47. The van der Waals surface area contributed by atoms with Crippen molar-refractivity contribution < 1.29 is 14.3 Å². The van der Waals surface area contributed by atoms with Gasteiger partial charge in [0.1, 0.15) is 5.60 Å². The van der Waals surface area contributed by atoms with Crippen molar-refractivity contribution in [3.8, 4) is 0 Å². The van der Waals surface area contributed by atoms with E-state index in [-0.39, 0.29) is 12.3 Å². The average molecular weight is 211 g/mol. The fourth-order valence-corrected chi connectivity index (χ4v) is 1.30. The molecule has 84 valence electrons. The first-order valence-corrected chi connectivity index (χ1v) is 5.07. The molecule has 0 radical (unpaired) electrons. The number of Topliss-reactive ketones (excluding diaryl/α,β-unsaturated/α-hetero) is 1. The number of nitrogens with one attached hydrogen (secondary N) is 1. The van der Waals surface area contributed by atoms with Crippen molar-refractivity contribution in [1.82, 2.24) is 5.32 Å². The van der Waals surface area contributed by atoms with Crippen molar-refractivity contribution in [2.45, 2.75) is 39.2 Å². The Morgan fingerprint density at radius 3 is 2.67 bits per heavy atom. The quantitative estimate of drug-likeness (QED) is 0.757. The second-order valence-electron chi connectivity index (χ2n) is 4.55. The van der Waals surface area contributed by atoms with Crippen LogP contribution in [0.1, 0.15) is 33.6 Å². The summed E-state index contributed by atoms with van der Waals surface area (Å²) in [6, 6.07) is 0. The maximum absolute atomic E-state index is 11.3. The van der Waals surface area contributed by atoms with E-state index < -0.39 is 11.7 Å². The number of carbonyl (C=O) groups excluding carboxylic acids is 2. The van der Waals surface area contributed by atoms with Crippen molar-refractivity contribution in [1.29, 1.82) is 0 Å². The molecule has 0 unspecified atom stereocenters. The summed E-state index contributed by atoms with van der Waals surface area (Å²) in [4.78, 5) is 22.5. The highest BCUT2D eigenvalue weighted by molar-refractivity contribution is 5.98. The van der Waals surface area contributed by atoms with Crippen LogP contribution in [0, 0.1) is 0 Å². The smallest absolute Gasteiger partial charge is 0.407 e. The molecular formula is C11H17NO3. The number of rotatable bonds is 2. The summed E-state index contributed by atoms with van der Waals surface area (Å²) in [5, 5.41) is 2.56. The molecule has 0 aromatic rings. The standard InChI is InChI=1S/C11H17NO3/c1-11(2,3)15-10(14)12-7-8-5-4-6-9(8)13/h5H,4,6-7H2,1-3H3,(H,12,14). The monoisotopic (exact) mass is 211 g/mol. The molecule has 0 atom stereocenters. The van der Waals surface area contributed by atoms with Crippen LogP contribution >= 0.6 is 0 Å². The lowest BCUT2D eigenvalue weighted by molar-refractivity contribution is -0.114. The molecule has 0 saturated heterocycles. The van der Waals surface area contributed by atoms with E-state index in [1.165, 1.54) is 0 Å². The molecule has 15 heavy (non-hydrogen) atoms. The lowest BCUT2D eigenvalue weighted by atomic mass is 10.2. The summed E-state index contributed by atoms with van der Waals surface area (Å²) in [5.74, 6) is 0.117. The summed E-state index contributed by atoms with van der Waals surface area (Å²) in [5.41, 5.74) is 0.180. The van der Waals surface area contributed by atoms with E-state index in [1.807, 2.05) is 6.08 Å². The number of amides is 1. The first-order valence-electron chi connectivity index (χ1n) is 5.07. The summed E-state index contributed by atoms with van der Waals surface area (Å²) in [6.07, 6.45) is 2.72. The Morgan fingerprint density at radius 2 is 2.20 bits per heavy atom. The van der Waals surface area contributed by atoms with Crippen LogP contribution in [0.15, 0.2) is 11.6 Å². The molecule has 0 fully saturated rings. The Kier molecular flexibility index (Phi) is 3.50. The number of ether oxygens (including phenoxy) is 1. The summed E-state index contributed by atoms with van der Waals surface area (Å²) in [6.45, 7) is 5.67. The minimum absolute atomic E-state index is 0.117. The van der Waals surface area contributed by atoms with E-state index >= 15 is 0 Å². The first kappa shape index (κ1) is 11.8. The molecule has 0 heterocycles. The zero-order valence-electron chi connectivity index (χ0n) is 9.42. The van der Waals surface area contributed by atoms with Crippen LogP contribution in [0.2, 0.25) is 0 Å². The van der Waals surface area contributed by atoms with E-state index in [1.54, 1.807) is 20.8 Å². The van der Waals surface area contributed by atoms with Gasteiger partial charge in [-0.05, 0) is 27.2 Å². The first-order chi connectivity index (χ1) is 6.88. The zero-order valence-corrected chi connectivity index (χ0v) is 9.42. The highest BCUT2D eigenvalue weighted by atomic mass is 16.6. The van der Waals surface area contributed by atoms with Crippen molar-refractivity contribution >= 4 is 11.9 Å². The molecule has 1 aliphatic rings. The Bertz CT molecular complexity index is 299. The molecule has 0 bridgehead atoms. The van der Waals surface area contributed by atoms with Crippen molar-refractivity contribution in [2.75, 3.05) is 6.54 Å². The zero-order chi connectivity index (χ0) is 11.5. The van der Waals surface area contributed by atoms with Gasteiger partial charge in [-0.25, -0.2) is 4.79 Å². The highest BCUT2D eigenvalue weighted by Gasteiger charge is 2.18. The molecule has 1 aliphatic carbocycles. The molecule has 0 saturated carbocycles. The third kappa shape index (κ3) is 4.14. The molecule has 0 aromatic carbocycles. The topological polar surface area (TPSA) is 55.4 Å². The fraction of sp³-hybridized carbons (Fsp3) is 0.636. The minimum atomic E-state index is -0.502. The Hall–Kier alpha value is -1.32. The van der Waals surface area contributed by atoms with Crippen LogP contribution in [0.5, 0.6) is 0 Å². The maximum Gasteiger partial charge on any atom is 0.407 e.